The number of rotatable bonds is 5. The maximum Gasteiger partial charge on any atom is 0.242 e. The van der Waals surface area contributed by atoms with Crippen LogP contribution in [0.2, 0.25) is 5.02 Å². The summed E-state index contributed by atoms with van der Waals surface area (Å²) in [7, 11) is 0. The lowest BCUT2D eigenvalue weighted by molar-refractivity contribution is -0.121. The Kier molecular flexibility index (Phi) is 5.42. The Bertz CT molecular complexity index is 1250. The number of fused-ring (bicyclic) bond motifs is 1. The average Bonchev–Trinajstić information content (AvgIpc) is 3.10. The van der Waals surface area contributed by atoms with Gasteiger partial charge in [-0.05, 0) is 31.2 Å². The van der Waals surface area contributed by atoms with Crippen molar-refractivity contribution in [3.05, 3.63) is 79.9 Å². The predicted octanol–water partition coefficient (Wildman–Crippen LogP) is 3.80. The van der Waals surface area contributed by atoms with Crippen LogP contribution in [0, 0.1) is 6.92 Å². The summed E-state index contributed by atoms with van der Waals surface area (Å²) in [4.78, 5) is 30.1. The number of thiazole rings is 1. The van der Waals surface area contributed by atoms with Crippen LogP contribution in [-0.2, 0) is 17.9 Å². The number of amides is 1. The van der Waals surface area contributed by atoms with Crippen LogP contribution in [0.3, 0.4) is 0 Å². The fraction of sp³-hybridized carbons (Fsp3) is 0.143. The molecule has 0 saturated heterocycles. The van der Waals surface area contributed by atoms with Crippen LogP contribution in [0.4, 0.5) is 0 Å². The summed E-state index contributed by atoms with van der Waals surface area (Å²) in [6, 6.07) is 14.6. The SMILES string of the molecule is Cc1sc(CNC(=O)Cn2ncc(=O)c3ccccc32)nc1-c1ccc(Cl)cc1. The second-order valence-electron chi connectivity index (χ2n) is 6.48. The Morgan fingerprint density at radius 2 is 1.93 bits per heavy atom. The third-order valence-electron chi connectivity index (χ3n) is 4.45. The molecule has 29 heavy (non-hydrogen) atoms. The molecule has 0 saturated carbocycles. The van der Waals surface area contributed by atoms with Gasteiger partial charge in [-0.25, -0.2) is 4.98 Å². The number of halogens is 1. The average molecular weight is 425 g/mol. The summed E-state index contributed by atoms with van der Waals surface area (Å²) in [6.07, 6.45) is 1.23. The molecule has 0 unspecified atom stereocenters. The van der Waals surface area contributed by atoms with Crippen molar-refractivity contribution in [1.82, 2.24) is 20.1 Å². The molecular weight excluding hydrogens is 408 g/mol. The van der Waals surface area contributed by atoms with E-state index in [2.05, 4.69) is 15.4 Å². The summed E-state index contributed by atoms with van der Waals surface area (Å²) in [5.41, 5.74) is 2.35. The molecule has 0 radical (unpaired) electrons. The van der Waals surface area contributed by atoms with E-state index in [1.54, 1.807) is 29.5 Å². The molecule has 2 heterocycles. The number of nitrogens with zero attached hydrogens (tertiary/aromatic N) is 3. The summed E-state index contributed by atoms with van der Waals surface area (Å²) in [5, 5.41) is 9.00. The Balaban J connectivity index is 1.46. The molecule has 4 aromatic rings. The van der Waals surface area contributed by atoms with Gasteiger partial charge in [0.1, 0.15) is 11.6 Å². The standard InChI is InChI=1S/C21H17ClN4O2S/c1-13-21(14-6-8-15(22)9-7-14)25-20(29-13)11-23-19(28)12-26-17-5-3-2-4-16(17)18(27)10-24-26/h2-10H,11-12H2,1H3,(H,23,28). The number of aryl methyl sites for hydroxylation is 1. The quantitative estimate of drug-likeness (QED) is 0.528. The first-order chi connectivity index (χ1) is 14.0. The largest absolute Gasteiger partial charge is 0.348 e. The van der Waals surface area contributed by atoms with Gasteiger partial charge in [0.15, 0.2) is 0 Å². The van der Waals surface area contributed by atoms with Gasteiger partial charge < -0.3 is 5.32 Å². The monoisotopic (exact) mass is 424 g/mol. The summed E-state index contributed by atoms with van der Waals surface area (Å²) < 4.78 is 1.53. The second-order valence-corrected chi connectivity index (χ2v) is 8.20. The van der Waals surface area contributed by atoms with Gasteiger partial charge in [0.25, 0.3) is 0 Å². The van der Waals surface area contributed by atoms with Gasteiger partial charge >= 0.3 is 0 Å². The molecule has 8 heteroatoms. The van der Waals surface area contributed by atoms with E-state index >= 15 is 0 Å². The highest BCUT2D eigenvalue weighted by atomic mass is 35.5. The number of carbonyl (C=O) groups excluding carboxylic acids is 1. The first kappa shape index (κ1) is 19.3. The molecule has 1 N–H and O–H groups in total. The topological polar surface area (TPSA) is 76.9 Å². The number of para-hydroxylation sites is 1. The van der Waals surface area contributed by atoms with E-state index in [0.29, 0.717) is 22.5 Å². The van der Waals surface area contributed by atoms with Crippen LogP contribution < -0.4 is 10.7 Å². The van der Waals surface area contributed by atoms with E-state index in [4.69, 9.17) is 11.6 Å². The lowest BCUT2D eigenvalue weighted by atomic mass is 10.1. The van der Waals surface area contributed by atoms with Gasteiger partial charge in [0, 0.05) is 20.8 Å². The molecule has 0 atom stereocenters. The molecule has 2 aromatic carbocycles. The van der Waals surface area contributed by atoms with Crippen molar-refractivity contribution in [2.24, 2.45) is 0 Å². The fourth-order valence-electron chi connectivity index (χ4n) is 3.06. The zero-order valence-corrected chi connectivity index (χ0v) is 17.1. The number of nitrogens with one attached hydrogen (secondary N) is 1. The van der Waals surface area contributed by atoms with E-state index in [0.717, 1.165) is 21.1 Å². The summed E-state index contributed by atoms with van der Waals surface area (Å²) in [5.74, 6) is -0.202. The van der Waals surface area contributed by atoms with Gasteiger partial charge in [-0.3, -0.25) is 14.3 Å². The molecule has 1 amide bonds. The Hall–Kier alpha value is -3.03. The normalized spacial score (nSPS) is 11.0. The van der Waals surface area contributed by atoms with E-state index in [1.807, 2.05) is 37.3 Å². The van der Waals surface area contributed by atoms with Crippen molar-refractivity contribution >= 4 is 39.7 Å². The van der Waals surface area contributed by atoms with Gasteiger partial charge in [0.05, 0.1) is 24.0 Å². The zero-order valence-electron chi connectivity index (χ0n) is 15.6. The summed E-state index contributed by atoms with van der Waals surface area (Å²) in [6.45, 7) is 2.36. The van der Waals surface area contributed by atoms with Gasteiger partial charge in [-0.1, -0.05) is 35.9 Å². The lowest BCUT2D eigenvalue weighted by Crippen LogP contribution is -2.28. The smallest absolute Gasteiger partial charge is 0.242 e. The first-order valence-corrected chi connectivity index (χ1v) is 10.1. The van der Waals surface area contributed by atoms with Crippen molar-refractivity contribution in [3.63, 3.8) is 0 Å². The first-order valence-electron chi connectivity index (χ1n) is 8.95. The second kappa shape index (κ2) is 8.14. The van der Waals surface area contributed by atoms with Crippen molar-refractivity contribution in [2.75, 3.05) is 0 Å². The molecule has 0 aliphatic carbocycles. The lowest BCUT2D eigenvalue weighted by Gasteiger charge is -2.09. The highest BCUT2D eigenvalue weighted by molar-refractivity contribution is 7.12. The van der Waals surface area contributed by atoms with Crippen LogP contribution in [0.25, 0.3) is 22.2 Å². The van der Waals surface area contributed by atoms with Crippen LogP contribution in [-0.4, -0.2) is 20.7 Å². The highest BCUT2D eigenvalue weighted by Crippen LogP contribution is 2.28. The molecule has 0 aliphatic heterocycles. The third-order valence-corrected chi connectivity index (χ3v) is 5.67. The number of hydrogen-bond donors (Lipinski definition) is 1. The van der Waals surface area contributed by atoms with Crippen LogP contribution in [0.1, 0.15) is 9.88 Å². The molecule has 0 aliphatic rings. The molecule has 2 aromatic heterocycles. The third kappa shape index (κ3) is 4.21. The van der Waals surface area contributed by atoms with Gasteiger partial charge in [-0.15, -0.1) is 11.3 Å². The number of carbonyl (C=O) groups is 1. The molecule has 4 rings (SSSR count). The minimum absolute atomic E-state index is 0.0230. The predicted molar refractivity (Wildman–Crippen MR) is 115 cm³/mol. The Labute approximate surface area is 175 Å². The fourth-order valence-corrected chi connectivity index (χ4v) is 4.08. The zero-order chi connectivity index (χ0) is 20.4. The van der Waals surface area contributed by atoms with Crippen LogP contribution in [0.15, 0.2) is 59.5 Å². The van der Waals surface area contributed by atoms with Gasteiger partial charge in [0.2, 0.25) is 11.3 Å². The Morgan fingerprint density at radius 3 is 2.72 bits per heavy atom. The van der Waals surface area contributed by atoms with E-state index < -0.39 is 0 Å². The number of benzene rings is 2. The summed E-state index contributed by atoms with van der Waals surface area (Å²) >= 11 is 7.49. The molecular formula is C21H17ClN4O2S. The molecule has 6 nitrogen and oxygen atoms in total. The van der Waals surface area contributed by atoms with Crippen molar-refractivity contribution < 1.29 is 4.79 Å². The minimum atomic E-state index is -0.202. The molecule has 146 valence electrons. The van der Waals surface area contributed by atoms with Crippen molar-refractivity contribution in [3.8, 4) is 11.3 Å². The van der Waals surface area contributed by atoms with E-state index in [9.17, 15) is 9.59 Å². The van der Waals surface area contributed by atoms with Crippen molar-refractivity contribution in [1.29, 1.82) is 0 Å². The van der Waals surface area contributed by atoms with Crippen molar-refractivity contribution in [2.45, 2.75) is 20.0 Å². The number of aromatic nitrogens is 3. The van der Waals surface area contributed by atoms with Crippen LogP contribution in [0.5, 0.6) is 0 Å². The molecule has 0 spiro atoms. The molecule has 0 fully saturated rings. The highest BCUT2D eigenvalue weighted by Gasteiger charge is 2.12. The van der Waals surface area contributed by atoms with Crippen LogP contribution >= 0.6 is 22.9 Å². The maximum atomic E-state index is 12.4. The Morgan fingerprint density at radius 1 is 1.17 bits per heavy atom. The minimum Gasteiger partial charge on any atom is -0.348 e. The van der Waals surface area contributed by atoms with Gasteiger partial charge in [-0.2, -0.15) is 5.10 Å². The van der Waals surface area contributed by atoms with E-state index in [1.165, 1.54) is 10.9 Å². The number of hydrogen-bond acceptors (Lipinski definition) is 5. The maximum absolute atomic E-state index is 12.4. The van der Waals surface area contributed by atoms with E-state index in [-0.39, 0.29) is 17.9 Å². The molecule has 0 bridgehead atoms.